The summed E-state index contributed by atoms with van der Waals surface area (Å²) in [6.07, 6.45) is 1.84. The van der Waals surface area contributed by atoms with Crippen LogP contribution in [0.3, 0.4) is 0 Å². The van der Waals surface area contributed by atoms with Gasteiger partial charge in [0.25, 0.3) is 0 Å². The molecule has 0 amide bonds. The summed E-state index contributed by atoms with van der Waals surface area (Å²) in [6.45, 7) is 4.04. The number of cyclic esters (lactones) is 1. The van der Waals surface area contributed by atoms with Gasteiger partial charge >= 0.3 is 5.97 Å². The van der Waals surface area contributed by atoms with Gasteiger partial charge in [0.2, 0.25) is 0 Å². The van der Waals surface area contributed by atoms with Crippen LogP contribution < -0.4 is 14.4 Å². The number of fused-ring (bicyclic) bond motifs is 2. The van der Waals surface area contributed by atoms with Crippen molar-refractivity contribution in [2.75, 3.05) is 25.7 Å². The minimum atomic E-state index is -0.311. The first-order valence-electron chi connectivity index (χ1n) is 10.8. The number of benzene rings is 2. The van der Waals surface area contributed by atoms with Gasteiger partial charge < -0.3 is 19.1 Å². The second-order valence-corrected chi connectivity index (χ2v) is 8.82. The predicted octanol–water partition coefficient (Wildman–Crippen LogP) is 5.68. The fourth-order valence-electron chi connectivity index (χ4n) is 4.31. The number of methoxy groups -OCH3 is 2. The largest absolute Gasteiger partial charge is 0.493 e. The van der Waals surface area contributed by atoms with Crippen molar-refractivity contribution < 1.29 is 19.0 Å². The van der Waals surface area contributed by atoms with Gasteiger partial charge in [-0.2, -0.15) is 0 Å². The van der Waals surface area contributed by atoms with Crippen LogP contribution in [-0.4, -0.2) is 31.7 Å². The fourth-order valence-corrected chi connectivity index (χ4v) is 5.03. The number of aromatic nitrogens is 1. The third kappa shape index (κ3) is 3.78. The molecular formula is C26H24N2O4S. The summed E-state index contributed by atoms with van der Waals surface area (Å²) in [5, 5.41) is 3.94. The highest BCUT2D eigenvalue weighted by molar-refractivity contribution is 7.09. The van der Waals surface area contributed by atoms with E-state index in [1.807, 2.05) is 36.5 Å². The highest BCUT2D eigenvalue weighted by Gasteiger charge is 2.28. The lowest BCUT2D eigenvalue weighted by Crippen LogP contribution is -2.22. The van der Waals surface area contributed by atoms with E-state index < -0.39 is 0 Å². The summed E-state index contributed by atoms with van der Waals surface area (Å²) >= 11 is 1.74. The Morgan fingerprint density at radius 1 is 1.09 bits per heavy atom. The molecule has 0 fully saturated rings. The summed E-state index contributed by atoms with van der Waals surface area (Å²) in [5.74, 6) is 1.83. The third-order valence-electron chi connectivity index (χ3n) is 5.96. The normalized spacial score (nSPS) is 12.5. The van der Waals surface area contributed by atoms with Crippen molar-refractivity contribution in [3.8, 4) is 22.6 Å². The number of carbonyl (C=O) groups excluding carboxylic acids is 1. The van der Waals surface area contributed by atoms with Crippen LogP contribution in [0.2, 0.25) is 0 Å². The topological polar surface area (TPSA) is 60.9 Å². The second-order valence-electron chi connectivity index (χ2n) is 7.79. The molecule has 168 valence electrons. The summed E-state index contributed by atoms with van der Waals surface area (Å²) in [6, 6.07) is 14.1. The molecule has 3 heterocycles. The van der Waals surface area contributed by atoms with E-state index in [0.29, 0.717) is 17.1 Å². The molecule has 0 saturated heterocycles. The second kappa shape index (κ2) is 8.75. The maximum absolute atomic E-state index is 12.7. The van der Waals surface area contributed by atoms with E-state index in [2.05, 4.69) is 29.3 Å². The molecule has 2 aromatic carbocycles. The molecular weight excluding hydrogens is 436 g/mol. The van der Waals surface area contributed by atoms with Crippen molar-refractivity contribution in [1.82, 2.24) is 4.98 Å². The summed E-state index contributed by atoms with van der Waals surface area (Å²) < 4.78 is 16.4. The first-order chi connectivity index (χ1) is 16.1. The van der Waals surface area contributed by atoms with Crippen LogP contribution in [0.5, 0.6) is 11.5 Å². The number of carbonyl (C=O) groups is 1. The van der Waals surface area contributed by atoms with Crippen molar-refractivity contribution >= 4 is 33.9 Å². The maximum atomic E-state index is 12.7. The van der Waals surface area contributed by atoms with Crippen molar-refractivity contribution in [3.05, 3.63) is 70.0 Å². The number of hydrogen-bond acceptors (Lipinski definition) is 7. The van der Waals surface area contributed by atoms with Crippen molar-refractivity contribution in [2.24, 2.45) is 0 Å². The van der Waals surface area contributed by atoms with E-state index in [0.717, 1.165) is 46.4 Å². The first kappa shape index (κ1) is 21.3. The molecule has 0 unspecified atom stereocenters. The molecule has 0 spiro atoms. The van der Waals surface area contributed by atoms with Crippen molar-refractivity contribution in [2.45, 2.75) is 20.1 Å². The Kier molecular flexibility index (Phi) is 5.64. The summed E-state index contributed by atoms with van der Waals surface area (Å²) in [5.41, 5.74) is 3.13. The number of rotatable bonds is 7. The van der Waals surface area contributed by atoms with Gasteiger partial charge in [0, 0.05) is 34.3 Å². The average Bonchev–Trinajstić information content (AvgIpc) is 3.50. The van der Waals surface area contributed by atoms with Crippen LogP contribution in [0, 0.1) is 0 Å². The Morgan fingerprint density at radius 3 is 2.58 bits per heavy atom. The van der Waals surface area contributed by atoms with Gasteiger partial charge in [-0.05, 0) is 59.5 Å². The molecule has 4 aromatic rings. The number of ether oxygens (including phenoxy) is 3. The van der Waals surface area contributed by atoms with Crippen LogP contribution >= 0.6 is 11.3 Å². The third-order valence-corrected chi connectivity index (χ3v) is 6.82. The number of nitrogens with zero attached hydrogens (tertiary/aromatic N) is 2. The number of thiophene rings is 1. The molecule has 0 aliphatic carbocycles. The lowest BCUT2D eigenvalue weighted by molar-refractivity contribution is 0.0535. The van der Waals surface area contributed by atoms with Gasteiger partial charge in [0.1, 0.15) is 12.4 Å². The minimum Gasteiger partial charge on any atom is -0.493 e. The van der Waals surface area contributed by atoms with E-state index in [9.17, 15) is 4.79 Å². The highest BCUT2D eigenvalue weighted by atomic mass is 32.1. The Balaban J connectivity index is 1.63. The zero-order valence-electron chi connectivity index (χ0n) is 18.8. The standard InChI is InChI=1S/C26H24N2O4S/c1-4-28(14-19-6-5-9-33-19)23-8-7-16(13-27-23)24-20-12-22(31-3)21(30-2)11-17(20)10-18-15-32-26(29)25(18)24/h5-13H,4,14-15H2,1-3H3. The van der Waals surface area contributed by atoms with E-state index >= 15 is 0 Å². The van der Waals surface area contributed by atoms with Gasteiger partial charge in [-0.1, -0.05) is 6.07 Å². The Bertz CT molecular complexity index is 1320. The average molecular weight is 461 g/mol. The quantitative estimate of drug-likeness (QED) is 0.331. The van der Waals surface area contributed by atoms with E-state index in [4.69, 9.17) is 19.2 Å². The number of esters is 1. The SMILES string of the molecule is CCN(Cc1cccs1)c1ccc(-c2c3c(cc4cc(OC)c(OC)cc24)COC3=O)cn1. The van der Waals surface area contributed by atoms with Gasteiger partial charge in [-0.15, -0.1) is 11.3 Å². The lowest BCUT2D eigenvalue weighted by atomic mass is 9.91. The Hall–Kier alpha value is -3.58. The van der Waals surface area contributed by atoms with Gasteiger partial charge in [0.15, 0.2) is 11.5 Å². The molecule has 7 heteroatoms. The Morgan fingerprint density at radius 2 is 1.91 bits per heavy atom. The molecule has 0 bridgehead atoms. The minimum absolute atomic E-state index is 0.265. The zero-order valence-corrected chi connectivity index (χ0v) is 19.6. The van der Waals surface area contributed by atoms with Crippen LogP contribution in [0.25, 0.3) is 21.9 Å². The smallest absolute Gasteiger partial charge is 0.339 e. The predicted molar refractivity (Wildman–Crippen MR) is 130 cm³/mol. The molecule has 0 saturated carbocycles. The molecule has 6 nitrogen and oxygen atoms in total. The van der Waals surface area contributed by atoms with Crippen LogP contribution in [0.4, 0.5) is 5.82 Å². The van der Waals surface area contributed by atoms with Crippen LogP contribution in [0.15, 0.2) is 54.0 Å². The lowest BCUT2D eigenvalue weighted by Gasteiger charge is -2.21. The summed E-state index contributed by atoms with van der Waals surface area (Å²) in [4.78, 5) is 21.0. The zero-order chi connectivity index (χ0) is 22.9. The molecule has 2 aromatic heterocycles. The molecule has 1 aliphatic heterocycles. The molecule has 5 rings (SSSR count). The monoisotopic (exact) mass is 460 g/mol. The summed E-state index contributed by atoms with van der Waals surface area (Å²) in [7, 11) is 3.22. The van der Waals surface area contributed by atoms with Gasteiger partial charge in [-0.3, -0.25) is 0 Å². The molecule has 0 radical (unpaired) electrons. The van der Waals surface area contributed by atoms with E-state index in [-0.39, 0.29) is 12.6 Å². The highest BCUT2D eigenvalue weighted by Crippen LogP contribution is 2.42. The fraction of sp³-hybridized carbons (Fsp3) is 0.231. The number of anilines is 1. The van der Waals surface area contributed by atoms with Crippen LogP contribution in [0.1, 0.15) is 27.7 Å². The van der Waals surface area contributed by atoms with Gasteiger partial charge in [0.05, 0.1) is 26.3 Å². The maximum Gasteiger partial charge on any atom is 0.339 e. The molecule has 1 aliphatic rings. The van der Waals surface area contributed by atoms with E-state index in [1.54, 1.807) is 25.6 Å². The van der Waals surface area contributed by atoms with Crippen molar-refractivity contribution in [3.63, 3.8) is 0 Å². The van der Waals surface area contributed by atoms with Crippen molar-refractivity contribution in [1.29, 1.82) is 0 Å². The first-order valence-corrected chi connectivity index (χ1v) is 11.6. The molecule has 33 heavy (non-hydrogen) atoms. The number of pyridine rings is 1. The van der Waals surface area contributed by atoms with Gasteiger partial charge in [-0.25, -0.2) is 9.78 Å². The number of hydrogen-bond donors (Lipinski definition) is 0. The van der Waals surface area contributed by atoms with E-state index in [1.165, 1.54) is 4.88 Å². The molecule has 0 atom stereocenters. The Labute approximate surface area is 196 Å². The molecule has 0 N–H and O–H groups in total. The van der Waals surface area contributed by atoms with Crippen LogP contribution in [-0.2, 0) is 17.9 Å².